The number of rotatable bonds is 8. The van der Waals surface area contributed by atoms with E-state index in [4.69, 9.17) is 9.84 Å². The van der Waals surface area contributed by atoms with E-state index in [1.165, 1.54) is 6.42 Å². The van der Waals surface area contributed by atoms with Crippen molar-refractivity contribution in [3.8, 4) is 5.75 Å². The molecular weight excluding hydrogens is 376 g/mol. The third-order valence-electron chi connectivity index (χ3n) is 2.68. The van der Waals surface area contributed by atoms with Crippen LogP contribution in [0.3, 0.4) is 0 Å². The zero-order valence-corrected chi connectivity index (χ0v) is 14.1. The summed E-state index contributed by atoms with van der Waals surface area (Å²) in [6.07, 6.45) is 4.01. The summed E-state index contributed by atoms with van der Waals surface area (Å²) in [4.78, 5) is 10.6. The van der Waals surface area contributed by atoms with Crippen molar-refractivity contribution in [2.24, 2.45) is 0 Å². The zero-order chi connectivity index (χ0) is 14.3. The van der Waals surface area contributed by atoms with Crippen LogP contribution in [0.4, 0.5) is 0 Å². The third kappa shape index (κ3) is 5.95. The van der Waals surface area contributed by atoms with Crippen molar-refractivity contribution < 1.29 is 14.6 Å². The summed E-state index contributed by atoms with van der Waals surface area (Å²) in [6, 6.07) is 3.84. The number of ether oxygens (including phenoxy) is 1. The van der Waals surface area contributed by atoms with Gasteiger partial charge in [0.25, 0.3) is 0 Å². The van der Waals surface area contributed by atoms with E-state index in [0.717, 1.165) is 33.1 Å². The molecule has 0 fully saturated rings. The van der Waals surface area contributed by atoms with Crippen molar-refractivity contribution in [3.05, 3.63) is 26.6 Å². The predicted octanol–water partition coefficient (Wildman–Crippen LogP) is 4.80. The number of carbonyl (C=O) groups is 1. The number of benzene rings is 1. The van der Waals surface area contributed by atoms with Crippen molar-refractivity contribution in [1.29, 1.82) is 0 Å². The van der Waals surface area contributed by atoms with Gasteiger partial charge in [-0.2, -0.15) is 0 Å². The van der Waals surface area contributed by atoms with E-state index in [-0.39, 0.29) is 6.42 Å². The van der Waals surface area contributed by atoms with Gasteiger partial charge in [-0.3, -0.25) is 4.79 Å². The fourth-order valence-corrected chi connectivity index (χ4v) is 3.18. The summed E-state index contributed by atoms with van der Waals surface area (Å²) in [6.45, 7) is 2.85. The van der Waals surface area contributed by atoms with Crippen LogP contribution in [0.5, 0.6) is 5.75 Å². The third-order valence-corrected chi connectivity index (χ3v) is 3.86. The van der Waals surface area contributed by atoms with Crippen molar-refractivity contribution in [3.63, 3.8) is 0 Å². The van der Waals surface area contributed by atoms with Gasteiger partial charge in [0.2, 0.25) is 0 Å². The Bertz CT molecular complexity index is 410. The molecule has 1 N–H and O–H groups in total. The molecular formula is C14H18Br2O3. The molecule has 0 radical (unpaired) electrons. The SMILES string of the molecule is CCCCCOc1c(Br)cc(CCC(=O)O)cc1Br. The molecule has 0 amide bonds. The van der Waals surface area contributed by atoms with Gasteiger partial charge in [-0.1, -0.05) is 19.8 Å². The molecule has 0 spiro atoms. The molecule has 0 saturated carbocycles. The molecule has 0 unspecified atom stereocenters. The lowest BCUT2D eigenvalue weighted by atomic mass is 10.1. The Morgan fingerprint density at radius 1 is 1.26 bits per heavy atom. The van der Waals surface area contributed by atoms with Crippen LogP contribution in [0, 0.1) is 0 Å². The van der Waals surface area contributed by atoms with E-state index in [1.54, 1.807) is 0 Å². The van der Waals surface area contributed by atoms with E-state index < -0.39 is 5.97 Å². The Kier molecular flexibility index (Phi) is 7.46. The van der Waals surface area contributed by atoms with E-state index in [0.29, 0.717) is 13.0 Å². The van der Waals surface area contributed by atoms with Gasteiger partial charge in [0.05, 0.1) is 15.6 Å². The number of hydrogen-bond donors (Lipinski definition) is 1. The average Bonchev–Trinajstić information content (AvgIpc) is 2.34. The fraction of sp³-hybridized carbons (Fsp3) is 0.500. The molecule has 3 nitrogen and oxygen atoms in total. The summed E-state index contributed by atoms with van der Waals surface area (Å²) < 4.78 is 7.46. The topological polar surface area (TPSA) is 46.5 Å². The number of carboxylic acids is 1. The van der Waals surface area contributed by atoms with Crippen LogP contribution in [0.2, 0.25) is 0 Å². The normalized spacial score (nSPS) is 10.5. The minimum Gasteiger partial charge on any atom is -0.491 e. The van der Waals surface area contributed by atoms with Crippen LogP contribution < -0.4 is 4.74 Å². The molecule has 1 aromatic carbocycles. The van der Waals surface area contributed by atoms with Crippen molar-refractivity contribution in [2.75, 3.05) is 6.61 Å². The fourth-order valence-electron chi connectivity index (χ4n) is 1.67. The molecule has 0 bridgehead atoms. The minimum atomic E-state index is -0.785. The molecule has 0 heterocycles. The molecule has 0 saturated heterocycles. The van der Waals surface area contributed by atoms with Crippen molar-refractivity contribution >= 4 is 37.8 Å². The van der Waals surface area contributed by atoms with Crippen LogP contribution in [-0.2, 0) is 11.2 Å². The van der Waals surface area contributed by atoms with Gasteiger partial charge in [0.15, 0.2) is 0 Å². The molecule has 1 rings (SSSR count). The van der Waals surface area contributed by atoms with Crippen LogP contribution in [0.25, 0.3) is 0 Å². The number of hydrogen-bond acceptors (Lipinski definition) is 2. The Hall–Kier alpha value is -0.550. The Labute approximate surface area is 130 Å². The summed E-state index contributed by atoms with van der Waals surface area (Å²) in [7, 11) is 0. The Morgan fingerprint density at radius 2 is 1.89 bits per heavy atom. The largest absolute Gasteiger partial charge is 0.491 e. The molecule has 0 aliphatic rings. The maximum Gasteiger partial charge on any atom is 0.303 e. The maximum atomic E-state index is 10.6. The first-order valence-corrected chi connectivity index (χ1v) is 7.95. The highest BCUT2D eigenvalue weighted by Crippen LogP contribution is 2.35. The van der Waals surface area contributed by atoms with Gasteiger partial charge in [-0.15, -0.1) is 0 Å². The van der Waals surface area contributed by atoms with Gasteiger partial charge >= 0.3 is 5.97 Å². The van der Waals surface area contributed by atoms with Crippen molar-refractivity contribution in [2.45, 2.75) is 39.0 Å². The maximum absolute atomic E-state index is 10.6. The van der Waals surface area contributed by atoms with Crippen LogP contribution in [0.15, 0.2) is 21.1 Å². The second kappa shape index (κ2) is 8.59. The minimum absolute atomic E-state index is 0.135. The summed E-state index contributed by atoms with van der Waals surface area (Å²) in [5.74, 6) is 0.00214. The molecule has 0 aliphatic heterocycles. The summed E-state index contributed by atoms with van der Waals surface area (Å²) in [5.41, 5.74) is 0.974. The number of carboxylic acid groups (broad SMARTS) is 1. The molecule has 1 aromatic rings. The lowest BCUT2D eigenvalue weighted by Crippen LogP contribution is -2.01. The molecule has 0 aliphatic carbocycles. The van der Waals surface area contributed by atoms with E-state index in [9.17, 15) is 4.79 Å². The van der Waals surface area contributed by atoms with Gasteiger partial charge in [0, 0.05) is 6.42 Å². The van der Waals surface area contributed by atoms with Crippen LogP contribution in [0.1, 0.15) is 38.2 Å². The zero-order valence-electron chi connectivity index (χ0n) is 10.9. The Balaban J connectivity index is 2.65. The monoisotopic (exact) mass is 392 g/mol. The quantitative estimate of drug-likeness (QED) is 0.645. The van der Waals surface area contributed by atoms with Gasteiger partial charge < -0.3 is 9.84 Å². The van der Waals surface area contributed by atoms with Gasteiger partial charge in [-0.25, -0.2) is 0 Å². The highest BCUT2D eigenvalue weighted by molar-refractivity contribution is 9.11. The summed E-state index contributed by atoms with van der Waals surface area (Å²) in [5, 5.41) is 8.69. The van der Waals surface area contributed by atoms with Gasteiger partial charge in [-0.05, 0) is 62.4 Å². The summed E-state index contributed by atoms with van der Waals surface area (Å²) >= 11 is 6.94. The number of aliphatic carboxylic acids is 1. The highest BCUT2D eigenvalue weighted by Gasteiger charge is 2.10. The first-order valence-electron chi connectivity index (χ1n) is 6.37. The average molecular weight is 394 g/mol. The molecule has 0 atom stereocenters. The first-order chi connectivity index (χ1) is 9.04. The lowest BCUT2D eigenvalue weighted by molar-refractivity contribution is -0.136. The second-order valence-corrected chi connectivity index (χ2v) is 6.05. The van der Waals surface area contributed by atoms with Crippen LogP contribution in [-0.4, -0.2) is 17.7 Å². The first kappa shape index (κ1) is 16.5. The van der Waals surface area contributed by atoms with E-state index in [2.05, 4.69) is 38.8 Å². The van der Waals surface area contributed by atoms with E-state index in [1.807, 2.05) is 12.1 Å². The molecule has 0 aromatic heterocycles. The molecule has 5 heteroatoms. The lowest BCUT2D eigenvalue weighted by Gasteiger charge is -2.12. The Morgan fingerprint density at radius 3 is 2.42 bits per heavy atom. The number of unbranched alkanes of at least 4 members (excludes halogenated alkanes) is 2. The number of halogens is 2. The smallest absolute Gasteiger partial charge is 0.303 e. The number of aryl methyl sites for hydroxylation is 1. The second-order valence-electron chi connectivity index (χ2n) is 4.34. The van der Waals surface area contributed by atoms with E-state index >= 15 is 0 Å². The molecule has 106 valence electrons. The van der Waals surface area contributed by atoms with Crippen LogP contribution >= 0.6 is 31.9 Å². The predicted molar refractivity (Wildman–Crippen MR) is 82.8 cm³/mol. The van der Waals surface area contributed by atoms with Crippen molar-refractivity contribution in [1.82, 2.24) is 0 Å². The standard InChI is InChI=1S/C14H18Br2O3/c1-2-3-4-7-19-14-11(15)8-10(9-12(14)16)5-6-13(17)18/h8-9H,2-7H2,1H3,(H,17,18). The highest BCUT2D eigenvalue weighted by atomic mass is 79.9. The molecule has 19 heavy (non-hydrogen) atoms. The van der Waals surface area contributed by atoms with Gasteiger partial charge in [0.1, 0.15) is 5.75 Å².